The van der Waals surface area contributed by atoms with Gasteiger partial charge in [0.2, 0.25) is 0 Å². The van der Waals surface area contributed by atoms with E-state index in [1.165, 1.54) is 51.5 Å². The van der Waals surface area contributed by atoms with E-state index in [-0.39, 0.29) is 0 Å². The van der Waals surface area contributed by atoms with E-state index in [0.717, 1.165) is 29.7 Å². The summed E-state index contributed by atoms with van der Waals surface area (Å²) in [6, 6.07) is 0.773. The van der Waals surface area contributed by atoms with Gasteiger partial charge in [0, 0.05) is 6.04 Å². The molecule has 1 heteroatoms. The molecule has 0 radical (unpaired) electrons. The summed E-state index contributed by atoms with van der Waals surface area (Å²) in [5.74, 6) is 4.20. The van der Waals surface area contributed by atoms with Crippen molar-refractivity contribution in [2.45, 2.75) is 70.8 Å². The summed E-state index contributed by atoms with van der Waals surface area (Å²) in [5.41, 5.74) is 0. The Morgan fingerprint density at radius 2 is 1.82 bits per heavy atom. The van der Waals surface area contributed by atoms with Crippen molar-refractivity contribution in [2.75, 3.05) is 6.54 Å². The van der Waals surface area contributed by atoms with Gasteiger partial charge in [-0.25, -0.2) is 0 Å². The first-order valence-corrected chi connectivity index (χ1v) is 8.06. The van der Waals surface area contributed by atoms with Crippen LogP contribution in [0.1, 0.15) is 64.7 Å². The number of rotatable bonds is 4. The van der Waals surface area contributed by atoms with Crippen LogP contribution in [-0.4, -0.2) is 12.6 Å². The fourth-order valence-corrected chi connectivity index (χ4v) is 4.76. The maximum Gasteiger partial charge on any atom is 0.00671 e. The number of nitrogens with one attached hydrogen (secondary N) is 1. The smallest absolute Gasteiger partial charge is 0.00671 e. The SMILES string of the molecule is C[C@H](NCC1CC2CCC1C2)C1CCCCC1. The average molecular weight is 235 g/mol. The molecule has 0 aromatic carbocycles. The molecule has 0 saturated heterocycles. The molecule has 98 valence electrons. The van der Waals surface area contributed by atoms with E-state index in [1.54, 1.807) is 12.8 Å². The molecule has 0 heterocycles. The van der Waals surface area contributed by atoms with Crippen LogP contribution in [0.5, 0.6) is 0 Å². The van der Waals surface area contributed by atoms with E-state index < -0.39 is 0 Å². The zero-order valence-corrected chi connectivity index (χ0v) is 11.5. The highest BCUT2D eigenvalue weighted by Gasteiger charge is 2.39. The average Bonchev–Trinajstić information content (AvgIpc) is 2.99. The summed E-state index contributed by atoms with van der Waals surface area (Å²) in [5, 5.41) is 3.88. The Bertz CT molecular complexity index is 244. The van der Waals surface area contributed by atoms with Crippen molar-refractivity contribution in [2.24, 2.45) is 23.7 Å². The lowest BCUT2D eigenvalue weighted by molar-refractivity contribution is 0.250. The quantitative estimate of drug-likeness (QED) is 0.777. The lowest BCUT2D eigenvalue weighted by Crippen LogP contribution is -2.38. The molecule has 0 amide bonds. The lowest BCUT2D eigenvalue weighted by Gasteiger charge is -2.31. The van der Waals surface area contributed by atoms with Gasteiger partial charge in [-0.05, 0) is 69.2 Å². The van der Waals surface area contributed by atoms with Crippen LogP contribution >= 0.6 is 0 Å². The van der Waals surface area contributed by atoms with Gasteiger partial charge >= 0.3 is 0 Å². The van der Waals surface area contributed by atoms with Crippen LogP contribution in [0, 0.1) is 23.7 Å². The highest BCUT2D eigenvalue weighted by atomic mass is 14.9. The van der Waals surface area contributed by atoms with Crippen molar-refractivity contribution in [3.8, 4) is 0 Å². The third kappa shape index (κ3) is 2.70. The molecule has 0 spiro atoms. The van der Waals surface area contributed by atoms with E-state index in [2.05, 4.69) is 12.2 Å². The van der Waals surface area contributed by atoms with Crippen LogP contribution in [0.4, 0.5) is 0 Å². The molecule has 0 aromatic rings. The van der Waals surface area contributed by atoms with Gasteiger partial charge in [-0.1, -0.05) is 25.7 Å². The van der Waals surface area contributed by atoms with E-state index in [9.17, 15) is 0 Å². The summed E-state index contributed by atoms with van der Waals surface area (Å²) in [6.45, 7) is 3.75. The van der Waals surface area contributed by atoms with Crippen molar-refractivity contribution < 1.29 is 0 Å². The van der Waals surface area contributed by atoms with Crippen molar-refractivity contribution in [3.63, 3.8) is 0 Å². The Balaban J connectivity index is 1.41. The van der Waals surface area contributed by atoms with Gasteiger partial charge in [0.05, 0.1) is 0 Å². The molecule has 3 rings (SSSR count). The van der Waals surface area contributed by atoms with Crippen LogP contribution < -0.4 is 5.32 Å². The largest absolute Gasteiger partial charge is 0.314 e. The van der Waals surface area contributed by atoms with Crippen LogP contribution in [-0.2, 0) is 0 Å². The van der Waals surface area contributed by atoms with Gasteiger partial charge in [-0.3, -0.25) is 0 Å². The highest BCUT2D eigenvalue weighted by Crippen LogP contribution is 2.48. The Hall–Kier alpha value is -0.0400. The fraction of sp³-hybridized carbons (Fsp3) is 1.00. The Morgan fingerprint density at radius 1 is 1.00 bits per heavy atom. The summed E-state index contributed by atoms with van der Waals surface area (Å²) in [7, 11) is 0. The monoisotopic (exact) mass is 235 g/mol. The molecule has 3 aliphatic carbocycles. The molecule has 2 bridgehead atoms. The zero-order valence-electron chi connectivity index (χ0n) is 11.5. The minimum atomic E-state index is 0.773. The number of hydrogen-bond donors (Lipinski definition) is 1. The first-order valence-electron chi connectivity index (χ1n) is 8.06. The van der Waals surface area contributed by atoms with E-state index in [0.29, 0.717) is 0 Å². The second kappa shape index (κ2) is 5.30. The summed E-state index contributed by atoms with van der Waals surface area (Å²) in [6.07, 6.45) is 13.6. The Morgan fingerprint density at radius 3 is 2.47 bits per heavy atom. The predicted octanol–water partition coefficient (Wildman–Crippen LogP) is 3.98. The third-order valence-corrected chi connectivity index (χ3v) is 5.94. The van der Waals surface area contributed by atoms with Crippen molar-refractivity contribution in [1.29, 1.82) is 0 Å². The third-order valence-electron chi connectivity index (χ3n) is 5.94. The summed E-state index contributed by atoms with van der Waals surface area (Å²) < 4.78 is 0. The molecule has 4 atom stereocenters. The van der Waals surface area contributed by atoms with Crippen LogP contribution in [0.25, 0.3) is 0 Å². The van der Waals surface area contributed by atoms with Crippen molar-refractivity contribution >= 4 is 0 Å². The maximum absolute atomic E-state index is 3.88. The van der Waals surface area contributed by atoms with E-state index in [1.807, 2.05) is 0 Å². The Labute approximate surface area is 107 Å². The first kappa shape index (κ1) is 12.0. The van der Waals surface area contributed by atoms with Crippen LogP contribution in [0.3, 0.4) is 0 Å². The van der Waals surface area contributed by atoms with Crippen molar-refractivity contribution in [1.82, 2.24) is 5.32 Å². The molecule has 3 saturated carbocycles. The van der Waals surface area contributed by atoms with Crippen LogP contribution in [0.15, 0.2) is 0 Å². The van der Waals surface area contributed by atoms with Gasteiger partial charge in [-0.15, -0.1) is 0 Å². The van der Waals surface area contributed by atoms with E-state index >= 15 is 0 Å². The second-order valence-corrected chi connectivity index (χ2v) is 7.03. The molecule has 0 aromatic heterocycles. The topological polar surface area (TPSA) is 12.0 Å². The van der Waals surface area contributed by atoms with Gasteiger partial charge < -0.3 is 5.32 Å². The normalized spacial score (nSPS) is 39.7. The predicted molar refractivity (Wildman–Crippen MR) is 73.0 cm³/mol. The summed E-state index contributed by atoms with van der Waals surface area (Å²) in [4.78, 5) is 0. The number of fused-ring (bicyclic) bond motifs is 2. The zero-order chi connectivity index (χ0) is 11.7. The molecular formula is C16H29N. The molecule has 3 unspecified atom stereocenters. The van der Waals surface area contributed by atoms with Gasteiger partial charge in [0.25, 0.3) is 0 Å². The maximum atomic E-state index is 3.88. The minimum Gasteiger partial charge on any atom is -0.314 e. The van der Waals surface area contributed by atoms with Crippen LogP contribution in [0.2, 0.25) is 0 Å². The fourth-order valence-electron chi connectivity index (χ4n) is 4.76. The first-order chi connectivity index (χ1) is 8.33. The van der Waals surface area contributed by atoms with Gasteiger partial charge in [0.15, 0.2) is 0 Å². The minimum absolute atomic E-state index is 0.773. The molecular weight excluding hydrogens is 206 g/mol. The molecule has 1 N–H and O–H groups in total. The van der Waals surface area contributed by atoms with Gasteiger partial charge in [-0.2, -0.15) is 0 Å². The van der Waals surface area contributed by atoms with Crippen molar-refractivity contribution in [3.05, 3.63) is 0 Å². The highest BCUT2D eigenvalue weighted by molar-refractivity contribution is 4.91. The van der Waals surface area contributed by atoms with E-state index in [4.69, 9.17) is 0 Å². The molecule has 17 heavy (non-hydrogen) atoms. The Kier molecular flexibility index (Phi) is 3.75. The number of hydrogen-bond acceptors (Lipinski definition) is 1. The molecule has 3 aliphatic rings. The lowest BCUT2D eigenvalue weighted by atomic mass is 9.83. The second-order valence-electron chi connectivity index (χ2n) is 7.03. The van der Waals surface area contributed by atoms with Gasteiger partial charge in [0.1, 0.15) is 0 Å². The molecule has 3 fully saturated rings. The molecule has 1 nitrogen and oxygen atoms in total. The summed E-state index contributed by atoms with van der Waals surface area (Å²) >= 11 is 0. The standard InChI is InChI=1S/C16H29N/c1-12(14-5-3-2-4-6-14)17-11-16-10-13-7-8-15(16)9-13/h12-17H,2-11H2,1H3/t12-,13?,15?,16?/m0/s1. The molecule has 0 aliphatic heterocycles.